The van der Waals surface area contributed by atoms with Gasteiger partial charge in [-0.2, -0.15) is 0 Å². The van der Waals surface area contributed by atoms with Gasteiger partial charge in [0.05, 0.1) is 18.6 Å². The highest BCUT2D eigenvalue weighted by Gasteiger charge is 2.26. The van der Waals surface area contributed by atoms with Gasteiger partial charge >= 0.3 is 0 Å². The van der Waals surface area contributed by atoms with Crippen molar-refractivity contribution in [1.29, 1.82) is 0 Å². The summed E-state index contributed by atoms with van der Waals surface area (Å²) in [5, 5.41) is 9.31. The fourth-order valence-electron chi connectivity index (χ4n) is 1.85. The lowest BCUT2D eigenvalue weighted by molar-refractivity contribution is 0.153. The second-order valence-electron chi connectivity index (χ2n) is 3.57. The molecule has 2 nitrogen and oxygen atoms in total. The number of aliphatic hydroxyl groups is 1. The van der Waals surface area contributed by atoms with E-state index in [1.54, 1.807) is 7.11 Å². The first-order chi connectivity index (χ1) is 6.72. The van der Waals surface area contributed by atoms with E-state index in [1.165, 1.54) is 5.56 Å². The minimum atomic E-state index is -0.419. The molecule has 0 fully saturated rings. The van der Waals surface area contributed by atoms with E-state index >= 15 is 0 Å². The molecule has 1 aliphatic carbocycles. The quantitative estimate of drug-likeness (QED) is 0.724. The van der Waals surface area contributed by atoms with Gasteiger partial charge in [-0.1, -0.05) is 6.07 Å². The Bertz CT molecular complexity index is 338. The first-order valence-electron chi connectivity index (χ1n) is 4.71. The van der Waals surface area contributed by atoms with Crippen LogP contribution < -0.4 is 4.74 Å². The third-order valence-corrected chi connectivity index (χ3v) is 3.22. The van der Waals surface area contributed by atoms with Gasteiger partial charge in [-0.05, 0) is 36.1 Å². The largest absolute Gasteiger partial charge is 0.497 e. The van der Waals surface area contributed by atoms with Gasteiger partial charge in [0, 0.05) is 0 Å². The number of hydrogen-bond donors (Lipinski definition) is 1. The molecule has 3 heteroatoms. The lowest BCUT2D eigenvalue weighted by Crippen LogP contribution is -2.21. The third-order valence-electron chi connectivity index (χ3n) is 2.69. The predicted octanol–water partition coefficient (Wildman–Crippen LogP) is 2.28. The molecule has 1 N–H and O–H groups in total. The molecule has 14 heavy (non-hydrogen) atoms. The molecule has 0 aliphatic heterocycles. The van der Waals surface area contributed by atoms with Gasteiger partial charge in [0.2, 0.25) is 0 Å². The van der Waals surface area contributed by atoms with Gasteiger partial charge in [0.15, 0.2) is 0 Å². The topological polar surface area (TPSA) is 29.5 Å². The van der Waals surface area contributed by atoms with Crippen LogP contribution in [0.3, 0.4) is 0 Å². The highest BCUT2D eigenvalue weighted by atomic mass is 35.5. The van der Waals surface area contributed by atoms with Crippen LogP contribution >= 0.6 is 11.6 Å². The van der Waals surface area contributed by atoms with Crippen molar-refractivity contribution in [2.24, 2.45) is 0 Å². The normalized spacial score (nSPS) is 25.6. The zero-order valence-electron chi connectivity index (χ0n) is 8.03. The van der Waals surface area contributed by atoms with Crippen molar-refractivity contribution < 1.29 is 9.84 Å². The number of halogens is 1. The Hall–Kier alpha value is -0.730. The molecule has 0 unspecified atom stereocenters. The molecule has 1 aromatic carbocycles. The van der Waals surface area contributed by atoms with E-state index in [0.717, 1.165) is 24.2 Å². The van der Waals surface area contributed by atoms with Crippen molar-refractivity contribution in [3.05, 3.63) is 29.3 Å². The number of benzene rings is 1. The number of aliphatic hydroxyl groups excluding tert-OH is 1. The van der Waals surface area contributed by atoms with E-state index < -0.39 is 6.10 Å². The molecule has 1 aliphatic rings. The fourth-order valence-corrected chi connectivity index (χ4v) is 2.19. The number of rotatable bonds is 1. The predicted molar refractivity (Wildman–Crippen MR) is 55.9 cm³/mol. The number of aryl methyl sites for hydroxylation is 1. The van der Waals surface area contributed by atoms with E-state index in [4.69, 9.17) is 16.3 Å². The van der Waals surface area contributed by atoms with Crippen molar-refractivity contribution in [2.75, 3.05) is 7.11 Å². The van der Waals surface area contributed by atoms with Crippen molar-refractivity contribution in [3.63, 3.8) is 0 Å². The Morgan fingerprint density at radius 2 is 2.29 bits per heavy atom. The monoisotopic (exact) mass is 212 g/mol. The minimum absolute atomic E-state index is 0.273. The van der Waals surface area contributed by atoms with E-state index in [1.807, 2.05) is 18.2 Å². The van der Waals surface area contributed by atoms with Gasteiger partial charge in [-0.15, -0.1) is 11.6 Å². The summed E-state index contributed by atoms with van der Waals surface area (Å²) in [7, 11) is 1.65. The Kier molecular flexibility index (Phi) is 2.66. The second-order valence-corrected chi connectivity index (χ2v) is 4.04. The van der Waals surface area contributed by atoms with Crippen molar-refractivity contribution >= 4 is 11.6 Å². The van der Waals surface area contributed by atoms with Crippen LogP contribution in [0.15, 0.2) is 18.2 Å². The van der Waals surface area contributed by atoms with Gasteiger partial charge in [0.1, 0.15) is 5.75 Å². The average molecular weight is 213 g/mol. The molecule has 0 saturated heterocycles. The first kappa shape index (κ1) is 9.81. The van der Waals surface area contributed by atoms with Crippen molar-refractivity contribution in [2.45, 2.75) is 24.3 Å². The summed E-state index contributed by atoms with van der Waals surface area (Å²) in [4.78, 5) is 0. The molecule has 0 spiro atoms. The zero-order chi connectivity index (χ0) is 10.1. The fraction of sp³-hybridized carbons (Fsp3) is 0.455. The molecule has 0 bridgehead atoms. The summed E-state index contributed by atoms with van der Waals surface area (Å²) in [6.07, 6.45) is 1.18. The van der Waals surface area contributed by atoms with Gasteiger partial charge in [0.25, 0.3) is 0 Å². The molecule has 0 saturated carbocycles. The lowest BCUT2D eigenvalue weighted by atomic mass is 9.89. The van der Waals surface area contributed by atoms with Crippen LogP contribution in [-0.4, -0.2) is 18.3 Å². The maximum absolute atomic E-state index is 9.59. The summed E-state index contributed by atoms with van der Waals surface area (Å²) >= 11 is 6.10. The molecule has 0 aromatic heterocycles. The summed E-state index contributed by atoms with van der Waals surface area (Å²) < 4.78 is 5.14. The summed E-state index contributed by atoms with van der Waals surface area (Å²) in [6, 6.07) is 5.82. The van der Waals surface area contributed by atoms with Crippen LogP contribution in [0.2, 0.25) is 0 Å². The van der Waals surface area contributed by atoms with E-state index in [9.17, 15) is 5.11 Å². The standard InChI is InChI=1S/C11H13ClO2/c1-14-8-3-4-9-7(6-8)2-5-10(13)11(9)12/h3-4,6,10-11,13H,2,5H2,1H3/t10-,11+/m1/s1. The number of ether oxygens (including phenoxy) is 1. The number of alkyl halides is 1. The molecule has 0 heterocycles. The third kappa shape index (κ3) is 1.60. The molecule has 0 radical (unpaired) electrons. The van der Waals surface area contributed by atoms with Crippen molar-refractivity contribution in [3.8, 4) is 5.75 Å². The van der Waals surface area contributed by atoms with E-state index in [-0.39, 0.29) is 5.38 Å². The van der Waals surface area contributed by atoms with Crippen LogP contribution in [0.1, 0.15) is 22.9 Å². The SMILES string of the molecule is COc1ccc2c(c1)CC[C@@H](O)[C@H]2Cl. The molecular formula is C11H13ClO2. The maximum atomic E-state index is 9.59. The molecule has 2 atom stereocenters. The van der Waals surface area contributed by atoms with Crippen LogP contribution in [0, 0.1) is 0 Å². The Labute approximate surface area is 88.5 Å². The molecular weight excluding hydrogens is 200 g/mol. The molecule has 1 aromatic rings. The minimum Gasteiger partial charge on any atom is -0.497 e. The number of hydrogen-bond acceptors (Lipinski definition) is 2. The smallest absolute Gasteiger partial charge is 0.119 e. The summed E-state index contributed by atoms with van der Waals surface area (Å²) in [5.74, 6) is 0.851. The van der Waals surface area contributed by atoms with Gasteiger partial charge in [-0.3, -0.25) is 0 Å². The van der Waals surface area contributed by atoms with Crippen LogP contribution in [0.4, 0.5) is 0 Å². The maximum Gasteiger partial charge on any atom is 0.119 e. The van der Waals surface area contributed by atoms with Gasteiger partial charge < -0.3 is 9.84 Å². The second kappa shape index (κ2) is 3.79. The zero-order valence-corrected chi connectivity index (χ0v) is 8.79. The lowest BCUT2D eigenvalue weighted by Gasteiger charge is -2.26. The van der Waals surface area contributed by atoms with Gasteiger partial charge in [-0.25, -0.2) is 0 Å². The number of fused-ring (bicyclic) bond motifs is 1. The average Bonchev–Trinajstić information content (AvgIpc) is 2.23. The van der Waals surface area contributed by atoms with Crippen LogP contribution in [-0.2, 0) is 6.42 Å². The number of methoxy groups -OCH3 is 1. The van der Waals surface area contributed by atoms with E-state index in [0.29, 0.717) is 0 Å². The Balaban J connectivity index is 2.38. The van der Waals surface area contributed by atoms with E-state index in [2.05, 4.69) is 0 Å². The highest BCUT2D eigenvalue weighted by molar-refractivity contribution is 6.21. The van der Waals surface area contributed by atoms with Crippen molar-refractivity contribution in [1.82, 2.24) is 0 Å². The molecule has 0 amide bonds. The molecule has 76 valence electrons. The Morgan fingerprint density at radius 3 is 3.00 bits per heavy atom. The first-order valence-corrected chi connectivity index (χ1v) is 5.15. The Morgan fingerprint density at radius 1 is 1.50 bits per heavy atom. The summed E-state index contributed by atoms with van der Waals surface area (Å²) in [5.41, 5.74) is 2.22. The van der Waals surface area contributed by atoms with Crippen LogP contribution in [0.25, 0.3) is 0 Å². The highest BCUT2D eigenvalue weighted by Crippen LogP contribution is 2.36. The van der Waals surface area contributed by atoms with Crippen LogP contribution in [0.5, 0.6) is 5.75 Å². The molecule has 2 rings (SSSR count). The summed E-state index contributed by atoms with van der Waals surface area (Å²) in [6.45, 7) is 0.